The third-order valence-corrected chi connectivity index (χ3v) is 4.32. The molecular weight excluding hydrogens is 310 g/mol. The van der Waals surface area contributed by atoms with Crippen molar-refractivity contribution in [2.24, 2.45) is 4.99 Å². The maximum atomic E-state index is 12.2. The zero-order valence-electron chi connectivity index (χ0n) is 14.2. The van der Waals surface area contributed by atoms with Gasteiger partial charge >= 0.3 is 0 Å². The van der Waals surface area contributed by atoms with Crippen LogP contribution in [0.4, 0.5) is 5.69 Å². The highest BCUT2D eigenvalue weighted by Crippen LogP contribution is 2.26. The second-order valence-corrected chi connectivity index (χ2v) is 7.97. The van der Waals surface area contributed by atoms with Gasteiger partial charge in [-0.05, 0) is 46.8 Å². The average molecular weight is 333 g/mol. The number of nitrogens with zero attached hydrogens (tertiary/aromatic N) is 2. The van der Waals surface area contributed by atoms with E-state index in [0.717, 1.165) is 11.3 Å². The lowest BCUT2D eigenvalue weighted by molar-refractivity contribution is -0.121. The van der Waals surface area contributed by atoms with E-state index >= 15 is 0 Å². The quantitative estimate of drug-likeness (QED) is 0.925. The smallest absolute Gasteiger partial charge is 0.254 e. The first kappa shape index (κ1) is 17.5. The molecule has 0 saturated carbocycles. The van der Waals surface area contributed by atoms with Gasteiger partial charge in [0, 0.05) is 5.54 Å². The van der Waals surface area contributed by atoms with Crippen molar-refractivity contribution in [2.75, 3.05) is 11.4 Å². The molecule has 1 heterocycles. The predicted molar refractivity (Wildman–Crippen MR) is 95.9 cm³/mol. The van der Waals surface area contributed by atoms with Crippen molar-refractivity contribution in [3.05, 3.63) is 29.8 Å². The van der Waals surface area contributed by atoms with Gasteiger partial charge in [-0.1, -0.05) is 29.5 Å². The monoisotopic (exact) mass is 333 g/mol. The van der Waals surface area contributed by atoms with Gasteiger partial charge in [0.2, 0.25) is 5.91 Å². The molecule has 1 aromatic rings. The number of carbonyl (C=O) groups excluding carboxylic acids is 2. The molecule has 124 valence electrons. The van der Waals surface area contributed by atoms with Gasteiger partial charge in [-0.3, -0.25) is 19.5 Å². The molecule has 1 aromatic carbocycles. The molecule has 0 fully saturated rings. The highest BCUT2D eigenvalue weighted by molar-refractivity contribution is 8.15. The Morgan fingerprint density at radius 1 is 1.30 bits per heavy atom. The van der Waals surface area contributed by atoms with E-state index in [1.54, 1.807) is 4.90 Å². The Balaban J connectivity index is 2.10. The Hall–Kier alpha value is -1.82. The van der Waals surface area contributed by atoms with Crippen molar-refractivity contribution in [2.45, 2.75) is 45.4 Å². The third kappa shape index (κ3) is 4.58. The maximum Gasteiger partial charge on any atom is 0.254 e. The molecule has 1 aliphatic heterocycles. The molecule has 0 aliphatic carbocycles. The van der Waals surface area contributed by atoms with Crippen LogP contribution < -0.4 is 10.2 Å². The van der Waals surface area contributed by atoms with Crippen molar-refractivity contribution in [1.29, 1.82) is 0 Å². The third-order valence-electron chi connectivity index (χ3n) is 3.23. The van der Waals surface area contributed by atoms with Crippen LogP contribution in [-0.4, -0.2) is 34.3 Å². The second kappa shape index (κ2) is 6.74. The predicted octanol–water partition coefficient (Wildman–Crippen LogP) is 2.73. The van der Waals surface area contributed by atoms with E-state index in [9.17, 15) is 9.59 Å². The second-order valence-electron chi connectivity index (χ2n) is 6.66. The van der Waals surface area contributed by atoms with Crippen LogP contribution in [-0.2, 0) is 9.59 Å². The Labute approximate surface area is 141 Å². The maximum absolute atomic E-state index is 12.2. The first-order chi connectivity index (χ1) is 10.7. The largest absolute Gasteiger partial charge is 0.351 e. The summed E-state index contributed by atoms with van der Waals surface area (Å²) in [5, 5.41) is 3.20. The van der Waals surface area contributed by atoms with Crippen LogP contribution in [0.25, 0.3) is 0 Å². The van der Waals surface area contributed by atoms with Gasteiger partial charge < -0.3 is 5.32 Å². The fourth-order valence-corrected chi connectivity index (χ4v) is 3.04. The molecule has 0 spiro atoms. The molecule has 1 atom stereocenters. The lowest BCUT2D eigenvalue weighted by Crippen LogP contribution is -2.45. The summed E-state index contributed by atoms with van der Waals surface area (Å²) in [6, 6.07) is 7.71. The van der Waals surface area contributed by atoms with Crippen LogP contribution in [0.2, 0.25) is 0 Å². The van der Waals surface area contributed by atoms with Crippen LogP contribution in [0.15, 0.2) is 29.3 Å². The SMILES string of the molecule is Cc1ccc(N2C(=O)CN=C2S[C@H](C)C(=O)NC(C)(C)C)cc1. The highest BCUT2D eigenvalue weighted by atomic mass is 32.2. The number of thioether (sulfide) groups is 1. The molecule has 0 bridgehead atoms. The zero-order chi connectivity index (χ0) is 17.2. The molecule has 2 rings (SSSR count). The first-order valence-corrected chi connectivity index (χ1v) is 8.48. The number of nitrogens with one attached hydrogen (secondary N) is 1. The van der Waals surface area contributed by atoms with E-state index in [4.69, 9.17) is 0 Å². The number of aryl methyl sites for hydroxylation is 1. The van der Waals surface area contributed by atoms with Gasteiger partial charge in [0.15, 0.2) is 5.17 Å². The Morgan fingerprint density at radius 3 is 2.48 bits per heavy atom. The molecule has 1 N–H and O–H groups in total. The fourth-order valence-electron chi connectivity index (χ4n) is 2.10. The molecule has 23 heavy (non-hydrogen) atoms. The van der Waals surface area contributed by atoms with Crippen LogP contribution in [0.1, 0.15) is 33.3 Å². The minimum Gasteiger partial charge on any atom is -0.351 e. The number of amides is 2. The number of benzene rings is 1. The topological polar surface area (TPSA) is 61.8 Å². The molecule has 5 nitrogen and oxygen atoms in total. The fraction of sp³-hybridized carbons (Fsp3) is 0.471. The van der Waals surface area contributed by atoms with Crippen LogP contribution in [0.5, 0.6) is 0 Å². The lowest BCUT2D eigenvalue weighted by Gasteiger charge is -2.24. The summed E-state index contributed by atoms with van der Waals surface area (Å²) >= 11 is 1.31. The van der Waals surface area contributed by atoms with Crippen LogP contribution in [0.3, 0.4) is 0 Å². The molecule has 1 aliphatic rings. The van der Waals surface area contributed by atoms with Crippen LogP contribution in [0, 0.1) is 6.92 Å². The number of hydrogen-bond acceptors (Lipinski definition) is 4. The molecular formula is C17H23N3O2S. The Bertz CT molecular complexity index is 632. The van der Waals surface area contributed by atoms with E-state index in [0.29, 0.717) is 5.17 Å². The van der Waals surface area contributed by atoms with Gasteiger partial charge in [-0.15, -0.1) is 0 Å². The normalized spacial score (nSPS) is 16.3. The minimum absolute atomic E-state index is 0.0617. The van der Waals surface area contributed by atoms with Gasteiger partial charge in [-0.25, -0.2) is 0 Å². The van der Waals surface area contributed by atoms with E-state index in [2.05, 4.69) is 10.3 Å². The van der Waals surface area contributed by atoms with Gasteiger partial charge in [0.05, 0.1) is 10.9 Å². The number of amidine groups is 1. The number of anilines is 1. The molecule has 0 unspecified atom stereocenters. The van der Waals surface area contributed by atoms with Gasteiger partial charge in [0.1, 0.15) is 6.54 Å². The van der Waals surface area contributed by atoms with Crippen molar-refractivity contribution in [3.63, 3.8) is 0 Å². The Kier molecular flexibility index (Phi) is 5.14. The van der Waals surface area contributed by atoms with Crippen molar-refractivity contribution in [1.82, 2.24) is 5.32 Å². The molecule has 6 heteroatoms. The standard InChI is InChI=1S/C17H23N3O2S/c1-11-6-8-13(9-7-11)20-14(21)10-18-16(20)23-12(2)15(22)19-17(3,4)5/h6-9,12H,10H2,1-5H3,(H,19,22)/t12-/m1/s1. The van der Waals surface area contributed by atoms with E-state index in [-0.39, 0.29) is 29.1 Å². The molecule has 2 amide bonds. The molecule has 0 aromatic heterocycles. The number of hydrogen-bond donors (Lipinski definition) is 1. The number of aliphatic imine (C=N–C) groups is 1. The summed E-state index contributed by atoms with van der Waals surface area (Å²) in [5.41, 5.74) is 1.63. The lowest BCUT2D eigenvalue weighted by atomic mass is 10.1. The highest BCUT2D eigenvalue weighted by Gasteiger charge is 2.31. The van der Waals surface area contributed by atoms with Crippen molar-refractivity contribution >= 4 is 34.4 Å². The molecule has 0 radical (unpaired) electrons. The van der Waals surface area contributed by atoms with E-state index in [1.807, 2.05) is 58.9 Å². The Morgan fingerprint density at radius 2 is 1.91 bits per heavy atom. The van der Waals surface area contributed by atoms with Gasteiger partial charge in [0.25, 0.3) is 5.91 Å². The van der Waals surface area contributed by atoms with Gasteiger partial charge in [-0.2, -0.15) is 0 Å². The molecule has 0 saturated heterocycles. The summed E-state index contributed by atoms with van der Waals surface area (Å²) in [5.74, 6) is -0.131. The van der Waals surface area contributed by atoms with E-state index < -0.39 is 0 Å². The summed E-state index contributed by atoms with van der Waals surface area (Å²) in [7, 11) is 0. The number of rotatable bonds is 3. The minimum atomic E-state index is -0.327. The van der Waals surface area contributed by atoms with Crippen LogP contribution >= 0.6 is 11.8 Å². The summed E-state index contributed by atoms with van der Waals surface area (Å²) in [6.45, 7) is 9.78. The summed E-state index contributed by atoms with van der Waals surface area (Å²) < 4.78 is 0. The first-order valence-electron chi connectivity index (χ1n) is 7.60. The number of carbonyl (C=O) groups is 2. The average Bonchev–Trinajstić information content (AvgIpc) is 2.79. The summed E-state index contributed by atoms with van der Waals surface area (Å²) in [6.07, 6.45) is 0. The zero-order valence-corrected chi connectivity index (χ0v) is 15.0. The van der Waals surface area contributed by atoms with Crippen molar-refractivity contribution in [3.8, 4) is 0 Å². The van der Waals surface area contributed by atoms with E-state index in [1.165, 1.54) is 11.8 Å². The summed E-state index contributed by atoms with van der Waals surface area (Å²) in [4.78, 5) is 30.3. The van der Waals surface area contributed by atoms with Crippen molar-refractivity contribution < 1.29 is 9.59 Å².